The van der Waals surface area contributed by atoms with Gasteiger partial charge in [0.1, 0.15) is 11.9 Å². The highest BCUT2D eigenvalue weighted by atomic mass is 19.1. The van der Waals surface area contributed by atoms with Crippen molar-refractivity contribution in [3.63, 3.8) is 0 Å². The number of nitrogens with two attached hydrogens (primary N) is 1. The molecule has 2 saturated heterocycles. The molecule has 1 saturated carbocycles. The summed E-state index contributed by atoms with van der Waals surface area (Å²) in [6.07, 6.45) is 5.73. The van der Waals surface area contributed by atoms with Crippen LogP contribution >= 0.6 is 0 Å². The fourth-order valence-corrected chi connectivity index (χ4v) is 5.22. The molecule has 4 heterocycles. The molecule has 2 unspecified atom stereocenters. The second kappa shape index (κ2) is 7.07. The number of aromatic nitrogens is 4. The summed E-state index contributed by atoms with van der Waals surface area (Å²) >= 11 is 0. The molecule has 6 rings (SSSR count). The average molecular weight is 435 g/mol. The molecule has 0 spiro atoms. The predicted octanol–water partition coefficient (Wildman–Crippen LogP) is 1.51. The van der Waals surface area contributed by atoms with Crippen molar-refractivity contribution >= 4 is 11.8 Å². The fraction of sp³-hybridized carbons (Fsp3) is 0.364. The van der Waals surface area contributed by atoms with Crippen molar-refractivity contribution in [3.8, 4) is 11.1 Å². The number of ether oxygens (including phenoxy) is 1. The van der Waals surface area contributed by atoms with Crippen molar-refractivity contribution < 1.29 is 13.9 Å². The highest BCUT2D eigenvalue weighted by molar-refractivity contribution is 5.90. The zero-order valence-electron chi connectivity index (χ0n) is 17.2. The van der Waals surface area contributed by atoms with Crippen LogP contribution in [0, 0.1) is 17.7 Å². The number of fused-ring (bicyclic) bond motifs is 1. The number of pyridine rings is 1. The molecule has 0 radical (unpaired) electrons. The van der Waals surface area contributed by atoms with Gasteiger partial charge in [0.15, 0.2) is 0 Å². The third kappa shape index (κ3) is 2.90. The van der Waals surface area contributed by atoms with Gasteiger partial charge in [0.2, 0.25) is 0 Å². The molecule has 10 heteroatoms. The molecular formula is C22H22FN7O2. The van der Waals surface area contributed by atoms with Crippen molar-refractivity contribution in [1.82, 2.24) is 25.3 Å². The quantitative estimate of drug-likeness (QED) is 0.625. The van der Waals surface area contributed by atoms with Crippen LogP contribution in [0.2, 0.25) is 0 Å². The number of halogens is 1. The van der Waals surface area contributed by atoms with Crippen LogP contribution in [0.4, 0.5) is 14.9 Å². The molecule has 32 heavy (non-hydrogen) atoms. The predicted molar refractivity (Wildman–Crippen MR) is 113 cm³/mol. The monoisotopic (exact) mass is 435 g/mol. The lowest BCUT2D eigenvalue weighted by Gasteiger charge is -2.21. The lowest BCUT2D eigenvalue weighted by Crippen LogP contribution is -2.33. The largest absolute Gasteiger partial charge is 0.442 e. The van der Waals surface area contributed by atoms with E-state index in [4.69, 9.17) is 10.5 Å². The van der Waals surface area contributed by atoms with Gasteiger partial charge in [-0.3, -0.25) is 9.88 Å². The summed E-state index contributed by atoms with van der Waals surface area (Å²) in [5, 5.41) is 11.0. The minimum absolute atomic E-state index is 0.303. The number of hydrogen-bond acceptors (Lipinski definition) is 7. The average Bonchev–Trinajstić information content (AvgIpc) is 3.36. The summed E-state index contributed by atoms with van der Waals surface area (Å²) < 4.78 is 22.3. The van der Waals surface area contributed by atoms with Gasteiger partial charge in [0.25, 0.3) is 0 Å². The van der Waals surface area contributed by atoms with E-state index in [1.807, 2.05) is 6.07 Å². The summed E-state index contributed by atoms with van der Waals surface area (Å²) in [6.45, 7) is 2.43. The first-order valence-corrected chi connectivity index (χ1v) is 10.6. The molecule has 1 aromatic carbocycles. The summed E-state index contributed by atoms with van der Waals surface area (Å²) in [4.78, 5) is 18.0. The first-order valence-electron chi connectivity index (χ1n) is 10.6. The van der Waals surface area contributed by atoms with E-state index in [1.54, 1.807) is 41.6 Å². The van der Waals surface area contributed by atoms with E-state index in [0.29, 0.717) is 41.7 Å². The van der Waals surface area contributed by atoms with Gasteiger partial charge < -0.3 is 15.8 Å². The highest BCUT2D eigenvalue weighted by Crippen LogP contribution is 2.59. The SMILES string of the molecule is NC1(c2ccncc2-c2ccc(N3C[C@H](Cn4ccnn4)OC3=O)cc2F)C2CNCC21. The summed E-state index contributed by atoms with van der Waals surface area (Å²) in [7, 11) is 0. The molecule has 9 nitrogen and oxygen atoms in total. The normalized spacial score (nSPS) is 28.6. The zero-order valence-corrected chi connectivity index (χ0v) is 17.2. The molecule has 2 aliphatic heterocycles. The van der Waals surface area contributed by atoms with Crippen molar-refractivity contribution in [2.24, 2.45) is 17.6 Å². The Hall–Kier alpha value is -3.37. The van der Waals surface area contributed by atoms with Crippen molar-refractivity contribution in [2.45, 2.75) is 18.2 Å². The molecule has 1 amide bonds. The number of anilines is 1. The van der Waals surface area contributed by atoms with E-state index in [9.17, 15) is 4.79 Å². The number of amides is 1. The van der Waals surface area contributed by atoms with Gasteiger partial charge in [-0.25, -0.2) is 13.9 Å². The van der Waals surface area contributed by atoms with Crippen LogP contribution in [0.1, 0.15) is 5.56 Å². The molecule has 3 aliphatic rings. The molecule has 0 bridgehead atoms. The third-order valence-corrected chi connectivity index (χ3v) is 6.91. The topological polar surface area (TPSA) is 111 Å². The van der Waals surface area contributed by atoms with Gasteiger partial charge in [-0.05, 0) is 41.7 Å². The molecule has 164 valence electrons. The first kappa shape index (κ1) is 19.3. The highest BCUT2D eigenvalue weighted by Gasteiger charge is 2.65. The van der Waals surface area contributed by atoms with Gasteiger partial charge in [-0.1, -0.05) is 5.21 Å². The second-order valence-corrected chi connectivity index (χ2v) is 8.63. The van der Waals surface area contributed by atoms with Gasteiger partial charge >= 0.3 is 6.09 Å². The lowest BCUT2D eigenvalue weighted by molar-refractivity contribution is 0.129. The van der Waals surface area contributed by atoms with E-state index in [2.05, 4.69) is 20.6 Å². The van der Waals surface area contributed by atoms with Crippen LogP contribution in [0.25, 0.3) is 11.1 Å². The number of cyclic esters (lactones) is 1. The number of hydrogen-bond donors (Lipinski definition) is 2. The number of carbonyl (C=O) groups is 1. The maximum atomic E-state index is 15.3. The van der Waals surface area contributed by atoms with Crippen LogP contribution in [0.5, 0.6) is 0 Å². The molecule has 1 aliphatic carbocycles. The number of piperidine rings is 1. The summed E-state index contributed by atoms with van der Waals surface area (Å²) in [6, 6.07) is 6.67. The smallest absolute Gasteiger partial charge is 0.414 e. The second-order valence-electron chi connectivity index (χ2n) is 8.63. The minimum Gasteiger partial charge on any atom is -0.442 e. The fourth-order valence-electron chi connectivity index (χ4n) is 5.22. The Balaban J connectivity index is 1.27. The van der Waals surface area contributed by atoms with Gasteiger partial charge in [-0.2, -0.15) is 0 Å². The van der Waals surface area contributed by atoms with Gasteiger partial charge in [0.05, 0.1) is 30.5 Å². The Morgan fingerprint density at radius 1 is 1.22 bits per heavy atom. The summed E-state index contributed by atoms with van der Waals surface area (Å²) in [5.41, 5.74) is 8.78. The van der Waals surface area contributed by atoms with Crippen LogP contribution in [0.15, 0.2) is 49.1 Å². The van der Waals surface area contributed by atoms with Crippen molar-refractivity contribution in [1.29, 1.82) is 0 Å². The van der Waals surface area contributed by atoms with Crippen LogP contribution in [0.3, 0.4) is 0 Å². The Bertz CT molecular complexity index is 1170. The first-order chi connectivity index (χ1) is 15.6. The number of benzene rings is 1. The number of nitrogens with zero attached hydrogens (tertiary/aromatic N) is 5. The van der Waals surface area contributed by atoms with Crippen LogP contribution in [-0.4, -0.2) is 51.8 Å². The molecule has 2 aromatic heterocycles. The standard InChI is InChI=1S/C22H22FN7O2/c23-20-7-13(30-12-14(32-21(30)31)11-29-6-5-27-28-29)1-2-15(20)16-8-25-4-3-17(16)22(24)18-9-26-10-19(18)22/h1-8,14,18-19,26H,9-12,24H2/t14-,18?,19?,22?/m0/s1. The van der Waals surface area contributed by atoms with Gasteiger partial charge in [-0.15, -0.1) is 5.10 Å². The van der Waals surface area contributed by atoms with Crippen molar-refractivity contribution in [2.75, 3.05) is 24.5 Å². The number of rotatable bonds is 5. The lowest BCUT2D eigenvalue weighted by atomic mass is 9.92. The van der Waals surface area contributed by atoms with E-state index >= 15 is 4.39 Å². The summed E-state index contributed by atoms with van der Waals surface area (Å²) in [5.74, 6) is 0.274. The van der Waals surface area contributed by atoms with E-state index in [0.717, 1.165) is 18.7 Å². The third-order valence-electron chi connectivity index (χ3n) is 6.91. The zero-order chi connectivity index (χ0) is 21.9. The molecule has 3 aromatic rings. The molecule has 3 atom stereocenters. The Morgan fingerprint density at radius 2 is 2.06 bits per heavy atom. The van der Waals surface area contributed by atoms with E-state index in [1.165, 1.54) is 11.0 Å². The van der Waals surface area contributed by atoms with E-state index < -0.39 is 23.6 Å². The van der Waals surface area contributed by atoms with Crippen LogP contribution in [-0.2, 0) is 16.8 Å². The Morgan fingerprint density at radius 3 is 2.81 bits per heavy atom. The number of nitrogens with one attached hydrogen (secondary N) is 1. The minimum atomic E-state index is -0.511. The maximum absolute atomic E-state index is 15.3. The Kier molecular flexibility index (Phi) is 4.27. The molecular weight excluding hydrogens is 413 g/mol. The van der Waals surface area contributed by atoms with Crippen molar-refractivity contribution in [3.05, 3.63) is 60.4 Å². The number of carbonyl (C=O) groups excluding carboxylic acids is 1. The Labute approximate surface area is 183 Å². The molecule has 3 N–H and O–H groups in total. The van der Waals surface area contributed by atoms with Crippen LogP contribution < -0.4 is 16.0 Å². The van der Waals surface area contributed by atoms with E-state index in [-0.39, 0.29) is 0 Å². The maximum Gasteiger partial charge on any atom is 0.414 e. The van der Waals surface area contributed by atoms with Gasteiger partial charge in [0, 0.05) is 42.8 Å². The molecule has 3 fully saturated rings.